The number of nitrogens with one attached hydrogen (secondary N) is 3. The highest BCUT2D eigenvalue weighted by Crippen LogP contribution is 2.04. The van der Waals surface area contributed by atoms with Crippen molar-refractivity contribution in [3.05, 3.63) is 35.9 Å². The molecule has 20 heavy (non-hydrogen) atoms. The molecule has 0 fully saturated rings. The number of carbonyl (C=O) groups excluding carboxylic acids is 1. The summed E-state index contributed by atoms with van der Waals surface area (Å²) in [7, 11) is -2.29. The first-order valence-electron chi connectivity index (χ1n) is 6.44. The number of rotatable bonds is 8. The summed E-state index contributed by atoms with van der Waals surface area (Å²) in [6.07, 6.45) is 1.67. The van der Waals surface area contributed by atoms with E-state index < -0.39 is 10.2 Å². The average Bonchev–Trinajstić information content (AvgIpc) is 2.44. The van der Waals surface area contributed by atoms with E-state index in [-0.39, 0.29) is 18.5 Å². The van der Waals surface area contributed by atoms with E-state index in [2.05, 4.69) is 14.8 Å². The van der Waals surface area contributed by atoms with Gasteiger partial charge in [0, 0.05) is 13.1 Å². The first kappa shape index (κ1) is 16.6. The number of hydrogen-bond donors (Lipinski definition) is 3. The Balaban J connectivity index is 2.28. The zero-order valence-corrected chi connectivity index (χ0v) is 12.5. The summed E-state index contributed by atoms with van der Waals surface area (Å²) in [6, 6.07) is 9.98. The van der Waals surface area contributed by atoms with Gasteiger partial charge in [-0.1, -0.05) is 30.3 Å². The van der Waals surface area contributed by atoms with Crippen molar-refractivity contribution >= 4 is 16.1 Å². The summed E-state index contributed by atoms with van der Waals surface area (Å²) in [5.74, 6) is -0.343. The highest BCUT2D eigenvalue weighted by Gasteiger charge is 2.11. The molecular weight excluding hydrogens is 278 g/mol. The molecule has 1 atom stereocenters. The fraction of sp³-hybridized carbons (Fsp3) is 0.462. The maximum atomic E-state index is 11.6. The van der Waals surface area contributed by atoms with Crippen molar-refractivity contribution in [3.63, 3.8) is 0 Å². The molecule has 0 aliphatic rings. The van der Waals surface area contributed by atoms with E-state index in [1.54, 1.807) is 0 Å². The Morgan fingerprint density at radius 2 is 1.90 bits per heavy atom. The van der Waals surface area contributed by atoms with Crippen LogP contribution in [0.25, 0.3) is 0 Å². The van der Waals surface area contributed by atoms with E-state index in [9.17, 15) is 13.2 Å². The highest BCUT2D eigenvalue weighted by molar-refractivity contribution is 7.87. The van der Waals surface area contributed by atoms with Crippen molar-refractivity contribution in [2.24, 2.45) is 0 Å². The van der Waals surface area contributed by atoms with E-state index in [1.165, 1.54) is 12.6 Å². The predicted octanol–water partition coefficient (Wildman–Crippen LogP) is 0.178. The Morgan fingerprint density at radius 1 is 1.25 bits per heavy atom. The largest absolute Gasteiger partial charge is 0.353 e. The SMILES string of the molecule is CNS(=O)(=O)NCC(=O)N[C@H](C)CCc1ccccc1. The standard InChI is InChI=1S/C13H21N3O3S/c1-11(8-9-12-6-4-3-5-7-12)16-13(17)10-15-20(18,19)14-2/h3-7,11,14-15H,8-10H2,1-2H3,(H,16,17)/t11-/m1/s1. The monoisotopic (exact) mass is 299 g/mol. The fourth-order valence-electron chi connectivity index (χ4n) is 1.66. The van der Waals surface area contributed by atoms with Gasteiger partial charge in [0.25, 0.3) is 10.2 Å². The van der Waals surface area contributed by atoms with E-state index in [1.807, 2.05) is 37.3 Å². The van der Waals surface area contributed by atoms with Gasteiger partial charge in [0.15, 0.2) is 0 Å². The molecule has 0 saturated heterocycles. The minimum absolute atomic E-state index is 0.0122. The highest BCUT2D eigenvalue weighted by atomic mass is 32.2. The van der Waals surface area contributed by atoms with Crippen LogP contribution in [0.15, 0.2) is 30.3 Å². The second-order valence-electron chi connectivity index (χ2n) is 4.52. The van der Waals surface area contributed by atoms with Crippen molar-refractivity contribution < 1.29 is 13.2 Å². The molecule has 0 aromatic heterocycles. The Morgan fingerprint density at radius 3 is 2.50 bits per heavy atom. The fourth-order valence-corrected chi connectivity index (χ4v) is 2.12. The van der Waals surface area contributed by atoms with Crippen molar-refractivity contribution in [2.45, 2.75) is 25.8 Å². The van der Waals surface area contributed by atoms with Crippen molar-refractivity contribution in [2.75, 3.05) is 13.6 Å². The Hall–Kier alpha value is -1.44. The third kappa shape index (κ3) is 6.65. The molecule has 1 aromatic rings. The van der Waals surface area contributed by atoms with E-state index in [0.717, 1.165) is 12.8 Å². The lowest BCUT2D eigenvalue weighted by Gasteiger charge is -2.14. The summed E-state index contributed by atoms with van der Waals surface area (Å²) < 4.78 is 26.4. The van der Waals surface area contributed by atoms with Crippen LogP contribution in [0.5, 0.6) is 0 Å². The molecule has 1 amide bonds. The molecule has 0 spiro atoms. The molecule has 1 aromatic carbocycles. The van der Waals surface area contributed by atoms with Gasteiger partial charge in [-0.25, -0.2) is 4.72 Å². The minimum Gasteiger partial charge on any atom is -0.353 e. The molecule has 0 radical (unpaired) electrons. The first-order chi connectivity index (χ1) is 9.43. The normalized spacial score (nSPS) is 12.9. The van der Waals surface area contributed by atoms with Gasteiger partial charge < -0.3 is 5.32 Å². The molecule has 0 saturated carbocycles. The lowest BCUT2D eigenvalue weighted by molar-refractivity contribution is -0.120. The summed E-state index contributed by atoms with van der Waals surface area (Å²) in [4.78, 5) is 11.6. The zero-order chi connectivity index (χ0) is 15.0. The van der Waals surface area contributed by atoms with Gasteiger partial charge in [-0.05, 0) is 25.3 Å². The van der Waals surface area contributed by atoms with Gasteiger partial charge >= 0.3 is 0 Å². The van der Waals surface area contributed by atoms with Gasteiger partial charge in [-0.2, -0.15) is 13.1 Å². The molecule has 1 rings (SSSR count). The summed E-state index contributed by atoms with van der Waals surface area (Å²) in [5.41, 5.74) is 1.21. The van der Waals surface area contributed by atoms with Crippen molar-refractivity contribution in [3.8, 4) is 0 Å². The molecule has 112 valence electrons. The van der Waals surface area contributed by atoms with Crippen LogP contribution in [0.2, 0.25) is 0 Å². The van der Waals surface area contributed by atoms with Gasteiger partial charge in [-0.15, -0.1) is 0 Å². The average molecular weight is 299 g/mol. The number of hydrogen-bond acceptors (Lipinski definition) is 3. The number of carbonyl (C=O) groups is 1. The van der Waals surface area contributed by atoms with Gasteiger partial charge in [0.1, 0.15) is 0 Å². The third-order valence-corrected chi connectivity index (χ3v) is 3.87. The first-order valence-corrected chi connectivity index (χ1v) is 7.92. The van der Waals surface area contributed by atoms with Crippen molar-refractivity contribution in [1.29, 1.82) is 0 Å². The summed E-state index contributed by atoms with van der Waals surface area (Å²) in [5, 5.41) is 2.75. The van der Waals surface area contributed by atoms with Crippen LogP contribution in [0.3, 0.4) is 0 Å². The molecule has 6 nitrogen and oxygen atoms in total. The molecule has 3 N–H and O–H groups in total. The van der Waals surface area contributed by atoms with Gasteiger partial charge in [0.2, 0.25) is 5.91 Å². The van der Waals surface area contributed by atoms with E-state index in [0.29, 0.717) is 0 Å². The maximum absolute atomic E-state index is 11.6. The lowest BCUT2D eigenvalue weighted by Crippen LogP contribution is -2.43. The van der Waals surface area contributed by atoms with E-state index >= 15 is 0 Å². The lowest BCUT2D eigenvalue weighted by atomic mass is 10.1. The molecule has 0 heterocycles. The Kier molecular flexibility index (Phi) is 6.63. The van der Waals surface area contributed by atoms with Crippen LogP contribution in [0, 0.1) is 0 Å². The molecule has 7 heteroatoms. The predicted molar refractivity (Wildman–Crippen MR) is 78.3 cm³/mol. The summed E-state index contributed by atoms with van der Waals surface area (Å²) >= 11 is 0. The van der Waals surface area contributed by atoms with E-state index in [4.69, 9.17) is 0 Å². The van der Waals surface area contributed by atoms with Crippen LogP contribution in [0.1, 0.15) is 18.9 Å². The Labute approximate surface area is 120 Å². The molecule has 0 unspecified atom stereocenters. The second kappa shape index (κ2) is 7.98. The second-order valence-corrected chi connectivity index (χ2v) is 6.23. The van der Waals surface area contributed by atoms with Crippen LogP contribution in [0.4, 0.5) is 0 Å². The maximum Gasteiger partial charge on any atom is 0.277 e. The van der Waals surface area contributed by atoms with Crippen LogP contribution in [-0.4, -0.2) is 34.0 Å². The Bertz CT molecular complexity index is 517. The summed E-state index contributed by atoms with van der Waals surface area (Å²) in [6.45, 7) is 1.63. The number of benzene rings is 1. The molecule has 0 aliphatic heterocycles. The van der Waals surface area contributed by atoms with Gasteiger partial charge in [-0.3, -0.25) is 4.79 Å². The molecule has 0 bridgehead atoms. The molecular formula is C13H21N3O3S. The molecule has 0 aliphatic carbocycles. The third-order valence-electron chi connectivity index (χ3n) is 2.81. The van der Waals surface area contributed by atoms with Crippen LogP contribution in [-0.2, 0) is 21.4 Å². The minimum atomic E-state index is -3.57. The number of amides is 1. The van der Waals surface area contributed by atoms with Gasteiger partial charge in [0.05, 0.1) is 6.54 Å². The van der Waals surface area contributed by atoms with Crippen LogP contribution < -0.4 is 14.8 Å². The quantitative estimate of drug-likeness (QED) is 0.640. The number of aryl methyl sites for hydroxylation is 1. The topological polar surface area (TPSA) is 87.3 Å². The smallest absolute Gasteiger partial charge is 0.277 e. The zero-order valence-electron chi connectivity index (χ0n) is 11.7. The van der Waals surface area contributed by atoms with Crippen molar-refractivity contribution in [1.82, 2.24) is 14.8 Å². The van der Waals surface area contributed by atoms with Crippen LogP contribution >= 0.6 is 0 Å².